The zero-order valence-electron chi connectivity index (χ0n) is 15.6. The second kappa shape index (κ2) is 7.46. The quantitative estimate of drug-likeness (QED) is 0.507. The maximum atomic E-state index is 6.30. The van der Waals surface area contributed by atoms with E-state index in [4.69, 9.17) is 25.6 Å². The first-order chi connectivity index (χ1) is 14.2. The molecule has 5 rings (SSSR count). The molecule has 146 valence electrons. The monoisotopic (exact) mass is 423 g/mol. The van der Waals surface area contributed by atoms with Gasteiger partial charge in [-0.25, -0.2) is 0 Å². The number of fused-ring (bicyclic) bond motifs is 2. The van der Waals surface area contributed by atoms with Gasteiger partial charge in [0.2, 0.25) is 5.96 Å². The summed E-state index contributed by atoms with van der Waals surface area (Å²) in [6.07, 6.45) is 0. The third kappa shape index (κ3) is 3.34. The minimum atomic E-state index is -0.426. The summed E-state index contributed by atoms with van der Waals surface area (Å²) in [6, 6.07) is 21.4. The molecule has 29 heavy (non-hydrogen) atoms. The summed E-state index contributed by atoms with van der Waals surface area (Å²) in [5, 5.41) is 7.85. The van der Waals surface area contributed by atoms with Crippen molar-refractivity contribution in [3.63, 3.8) is 0 Å². The van der Waals surface area contributed by atoms with Gasteiger partial charge in [0, 0.05) is 5.56 Å². The Bertz CT molecular complexity index is 1140. The minimum Gasteiger partial charge on any atom is -0.454 e. The highest BCUT2D eigenvalue weighted by atomic mass is 35.5. The van der Waals surface area contributed by atoms with Crippen molar-refractivity contribution < 1.29 is 9.57 Å². The van der Waals surface area contributed by atoms with E-state index < -0.39 is 10.7 Å². The Kier molecular flexibility index (Phi) is 4.66. The highest BCUT2D eigenvalue weighted by Gasteiger charge is 2.29. The third-order valence-electron chi connectivity index (χ3n) is 4.65. The number of halogens is 1. The van der Waals surface area contributed by atoms with E-state index in [1.807, 2.05) is 61.5 Å². The van der Waals surface area contributed by atoms with Crippen LogP contribution < -0.4 is 14.9 Å². The molecule has 5 nitrogen and oxygen atoms in total. The number of nitrogens with zero attached hydrogens (tertiary/aromatic N) is 2. The number of hydrogen-bond acceptors (Lipinski definition) is 5. The lowest BCUT2D eigenvalue weighted by Gasteiger charge is -2.27. The molecule has 0 bridgehead atoms. The van der Waals surface area contributed by atoms with Crippen molar-refractivity contribution in [3.8, 4) is 17.2 Å². The van der Waals surface area contributed by atoms with Crippen LogP contribution in [0.4, 0.5) is 5.69 Å². The Labute approximate surface area is 176 Å². The molecule has 0 amide bonds. The van der Waals surface area contributed by atoms with Crippen LogP contribution in [0.15, 0.2) is 76.0 Å². The van der Waals surface area contributed by atoms with E-state index in [1.165, 1.54) is 0 Å². The molecule has 1 unspecified atom stereocenters. The van der Waals surface area contributed by atoms with Gasteiger partial charge >= 0.3 is 0 Å². The Hall–Kier alpha value is -2.96. The first-order valence-electron chi connectivity index (χ1n) is 9.20. The fourth-order valence-electron chi connectivity index (χ4n) is 3.25. The van der Waals surface area contributed by atoms with Crippen molar-refractivity contribution in [1.82, 2.24) is 5.06 Å². The van der Waals surface area contributed by atoms with E-state index in [9.17, 15) is 0 Å². The number of anilines is 1. The molecule has 0 radical (unpaired) electrons. The van der Waals surface area contributed by atoms with Crippen LogP contribution in [0.5, 0.6) is 17.2 Å². The molecular formula is C22H18ClN3O2S. The molecule has 7 heteroatoms. The van der Waals surface area contributed by atoms with Gasteiger partial charge in [-0.15, -0.1) is 0 Å². The summed E-state index contributed by atoms with van der Waals surface area (Å²) in [6.45, 7) is 2.65. The van der Waals surface area contributed by atoms with Gasteiger partial charge in [0.05, 0.1) is 22.2 Å². The van der Waals surface area contributed by atoms with Gasteiger partial charge in [-0.3, -0.25) is 0 Å². The summed E-state index contributed by atoms with van der Waals surface area (Å²) in [5.74, 6) is 2.81. The standard InChI is InChI=1S/C22H18ClN3O2S/c1-2-29-20-13-7-12-19(27-18-11-6-4-9-16(18)23)21(20)24-22(25-29)26-14-15-8-3-5-10-17(15)28-26/h2-13H,14H2,1H3,(H,24,25). The fourth-order valence-corrected chi connectivity index (χ4v) is 4.79. The van der Waals surface area contributed by atoms with Crippen LogP contribution in [0.25, 0.3) is 0 Å². The zero-order chi connectivity index (χ0) is 19.8. The van der Waals surface area contributed by atoms with Gasteiger partial charge in [-0.2, -0.15) is 9.46 Å². The number of hydrogen-bond donors (Lipinski definition) is 1. The molecule has 2 heterocycles. The maximum absolute atomic E-state index is 6.30. The van der Waals surface area contributed by atoms with Crippen LogP contribution in [-0.2, 0) is 6.54 Å². The molecular weight excluding hydrogens is 406 g/mol. The summed E-state index contributed by atoms with van der Waals surface area (Å²) in [4.78, 5) is 7.07. The van der Waals surface area contributed by atoms with Crippen LogP contribution in [0, 0.1) is 0 Å². The molecule has 1 atom stereocenters. The van der Waals surface area contributed by atoms with Crippen molar-refractivity contribution in [2.75, 3.05) is 5.32 Å². The van der Waals surface area contributed by atoms with Crippen LogP contribution in [-0.4, -0.2) is 16.4 Å². The largest absolute Gasteiger partial charge is 0.454 e. The third-order valence-corrected chi connectivity index (χ3v) is 6.57. The number of rotatable bonds is 2. The van der Waals surface area contributed by atoms with Crippen LogP contribution in [0.3, 0.4) is 0 Å². The lowest BCUT2D eigenvalue weighted by atomic mass is 10.2. The minimum absolute atomic E-state index is 0.426. The molecule has 2 aliphatic rings. The SMILES string of the molecule is C/C=S1\N=C(N2Cc3ccccc3O2)Nc2c(Oc3ccccc3Cl)cccc21. The number of guanidine groups is 1. The summed E-state index contributed by atoms with van der Waals surface area (Å²) in [7, 11) is -0.426. The predicted molar refractivity (Wildman–Crippen MR) is 119 cm³/mol. The number of nitrogens with one attached hydrogen (secondary N) is 1. The predicted octanol–water partition coefficient (Wildman–Crippen LogP) is 6.09. The Balaban J connectivity index is 1.50. The van der Waals surface area contributed by atoms with Gasteiger partial charge in [-0.1, -0.05) is 48.0 Å². The molecule has 0 aromatic heterocycles. The average Bonchev–Trinajstić information content (AvgIpc) is 3.19. The van der Waals surface area contributed by atoms with Crippen molar-refractivity contribution in [1.29, 1.82) is 0 Å². The molecule has 0 saturated heterocycles. The van der Waals surface area contributed by atoms with Gasteiger partial charge in [0.1, 0.15) is 5.75 Å². The lowest BCUT2D eigenvalue weighted by Crippen LogP contribution is -2.36. The van der Waals surface area contributed by atoms with Crippen molar-refractivity contribution in [2.24, 2.45) is 4.40 Å². The summed E-state index contributed by atoms with van der Waals surface area (Å²) >= 11 is 6.30. The molecule has 3 aromatic rings. The van der Waals surface area contributed by atoms with E-state index in [2.05, 4.69) is 22.8 Å². The summed E-state index contributed by atoms with van der Waals surface area (Å²) < 4.78 is 11.0. The Morgan fingerprint density at radius 3 is 2.69 bits per heavy atom. The molecule has 0 saturated carbocycles. The number of hydroxylamine groups is 2. The highest BCUT2D eigenvalue weighted by molar-refractivity contribution is 8.14. The Morgan fingerprint density at radius 2 is 1.86 bits per heavy atom. The van der Waals surface area contributed by atoms with Crippen LogP contribution in [0.1, 0.15) is 12.5 Å². The lowest BCUT2D eigenvalue weighted by molar-refractivity contribution is 0.0393. The summed E-state index contributed by atoms with van der Waals surface area (Å²) in [5.41, 5.74) is 2.00. The van der Waals surface area contributed by atoms with E-state index in [1.54, 1.807) is 5.06 Å². The maximum Gasteiger partial charge on any atom is 0.244 e. The normalized spacial score (nSPS) is 17.1. The Morgan fingerprint density at radius 1 is 1.07 bits per heavy atom. The molecule has 0 aliphatic carbocycles. The van der Waals surface area contributed by atoms with E-state index in [-0.39, 0.29) is 0 Å². The van der Waals surface area contributed by atoms with Crippen LogP contribution >= 0.6 is 22.3 Å². The zero-order valence-corrected chi connectivity index (χ0v) is 17.2. The second-order valence-corrected chi connectivity index (χ2v) is 8.62. The second-order valence-electron chi connectivity index (χ2n) is 6.49. The van der Waals surface area contributed by atoms with Gasteiger partial charge in [-0.05, 0) is 53.3 Å². The first-order valence-corrected chi connectivity index (χ1v) is 10.8. The first kappa shape index (κ1) is 18.1. The number of benzene rings is 3. The topological polar surface area (TPSA) is 46.1 Å². The van der Waals surface area contributed by atoms with E-state index >= 15 is 0 Å². The van der Waals surface area contributed by atoms with Gasteiger partial charge < -0.3 is 14.9 Å². The number of para-hydroxylation sites is 3. The molecule has 3 aromatic carbocycles. The molecule has 2 aliphatic heterocycles. The van der Waals surface area contributed by atoms with Gasteiger partial charge in [0.25, 0.3) is 0 Å². The van der Waals surface area contributed by atoms with Gasteiger partial charge in [0.15, 0.2) is 11.5 Å². The highest BCUT2D eigenvalue weighted by Crippen LogP contribution is 2.45. The van der Waals surface area contributed by atoms with Crippen molar-refractivity contribution in [3.05, 3.63) is 77.3 Å². The van der Waals surface area contributed by atoms with Crippen molar-refractivity contribution in [2.45, 2.75) is 18.4 Å². The van der Waals surface area contributed by atoms with E-state index in [0.29, 0.717) is 29.0 Å². The average molecular weight is 424 g/mol. The van der Waals surface area contributed by atoms with Crippen LogP contribution in [0.2, 0.25) is 5.02 Å². The molecule has 0 fully saturated rings. The fraction of sp³-hybridized carbons (Fsp3) is 0.0909. The molecule has 1 N–H and O–H groups in total. The molecule has 0 spiro atoms. The smallest absolute Gasteiger partial charge is 0.244 e. The van der Waals surface area contributed by atoms with E-state index in [0.717, 1.165) is 21.9 Å². The van der Waals surface area contributed by atoms with Crippen molar-refractivity contribution >= 4 is 39.3 Å². The number of ether oxygens (including phenoxy) is 1.